The van der Waals surface area contributed by atoms with E-state index in [-0.39, 0.29) is 25.3 Å². The molecule has 2 atom stereocenters. The van der Waals surface area contributed by atoms with Gasteiger partial charge < -0.3 is 10.6 Å². The highest BCUT2D eigenvalue weighted by atomic mass is 19.1. The Hall–Kier alpha value is -1.92. The van der Waals surface area contributed by atoms with Crippen molar-refractivity contribution >= 4 is 11.8 Å². The first-order chi connectivity index (χ1) is 10.4. The van der Waals surface area contributed by atoms with Crippen LogP contribution in [0.4, 0.5) is 4.39 Å². The smallest absolute Gasteiger partial charge is 0.240 e. The van der Waals surface area contributed by atoms with Gasteiger partial charge in [-0.3, -0.25) is 14.3 Å². The Morgan fingerprint density at radius 1 is 1.36 bits per heavy atom. The lowest BCUT2D eigenvalue weighted by Gasteiger charge is -2.22. The number of alkyl halides is 1. The summed E-state index contributed by atoms with van der Waals surface area (Å²) >= 11 is 0. The van der Waals surface area contributed by atoms with Crippen LogP contribution in [0.2, 0.25) is 0 Å². The zero-order chi connectivity index (χ0) is 16.4. The Kier molecular flexibility index (Phi) is 4.83. The number of amides is 2. The van der Waals surface area contributed by atoms with Crippen molar-refractivity contribution in [2.24, 2.45) is 12.8 Å². The number of likely N-dealkylation sites (tertiary alicyclic amines) is 1. The standard InChI is InChI=1S/C15H23FN4O2/c1-4-11-10(12(5-2)19(3)18-11)7-14(21)20-8-9(16)6-13(20)15(17)22/h9,13H,4-8H2,1-3H3,(H2,17,22)/t9-,13+/m1/s1. The monoisotopic (exact) mass is 310 g/mol. The number of carbonyl (C=O) groups excluding carboxylic acids is 2. The molecule has 2 heterocycles. The molecule has 122 valence electrons. The molecular weight excluding hydrogens is 287 g/mol. The fourth-order valence-corrected chi connectivity index (χ4v) is 3.18. The maximum atomic E-state index is 13.6. The minimum atomic E-state index is -1.19. The largest absolute Gasteiger partial charge is 0.368 e. The van der Waals surface area contributed by atoms with Crippen LogP contribution in [0.25, 0.3) is 0 Å². The Balaban J connectivity index is 2.23. The predicted molar refractivity (Wildman–Crippen MR) is 79.9 cm³/mol. The molecule has 1 aliphatic heterocycles. The minimum Gasteiger partial charge on any atom is -0.368 e. The highest BCUT2D eigenvalue weighted by molar-refractivity contribution is 5.88. The van der Waals surface area contributed by atoms with Crippen molar-refractivity contribution in [3.63, 3.8) is 0 Å². The molecule has 0 unspecified atom stereocenters. The van der Waals surface area contributed by atoms with Gasteiger partial charge in [-0.05, 0) is 12.8 Å². The first-order valence-electron chi connectivity index (χ1n) is 7.65. The zero-order valence-electron chi connectivity index (χ0n) is 13.3. The zero-order valence-corrected chi connectivity index (χ0v) is 13.3. The van der Waals surface area contributed by atoms with E-state index in [4.69, 9.17) is 5.73 Å². The summed E-state index contributed by atoms with van der Waals surface area (Å²) in [6, 6.07) is -0.839. The third-order valence-corrected chi connectivity index (χ3v) is 4.25. The summed E-state index contributed by atoms with van der Waals surface area (Å²) in [4.78, 5) is 25.2. The number of nitrogens with zero attached hydrogens (tertiary/aromatic N) is 3. The third-order valence-electron chi connectivity index (χ3n) is 4.25. The maximum Gasteiger partial charge on any atom is 0.240 e. The molecule has 2 N–H and O–H groups in total. The van der Waals surface area contributed by atoms with Gasteiger partial charge >= 0.3 is 0 Å². The number of halogens is 1. The molecule has 0 spiro atoms. The Morgan fingerprint density at radius 2 is 2.05 bits per heavy atom. The molecule has 6 nitrogen and oxygen atoms in total. The summed E-state index contributed by atoms with van der Waals surface area (Å²) in [7, 11) is 1.85. The SMILES string of the molecule is CCc1nn(C)c(CC)c1CC(=O)N1C[C@H](F)C[C@H]1C(N)=O. The van der Waals surface area contributed by atoms with Crippen molar-refractivity contribution in [3.8, 4) is 0 Å². The van der Waals surface area contributed by atoms with Crippen LogP contribution in [0.1, 0.15) is 37.2 Å². The molecule has 0 aromatic carbocycles. The van der Waals surface area contributed by atoms with E-state index in [0.29, 0.717) is 0 Å². The van der Waals surface area contributed by atoms with Crippen LogP contribution in [-0.2, 0) is 35.9 Å². The van der Waals surface area contributed by atoms with Gasteiger partial charge in [-0.2, -0.15) is 5.10 Å². The Morgan fingerprint density at radius 3 is 2.59 bits per heavy atom. The van der Waals surface area contributed by atoms with Crippen molar-refractivity contribution < 1.29 is 14.0 Å². The van der Waals surface area contributed by atoms with E-state index < -0.39 is 18.1 Å². The molecule has 7 heteroatoms. The van der Waals surface area contributed by atoms with Gasteiger partial charge in [0.05, 0.1) is 18.7 Å². The summed E-state index contributed by atoms with van der Waals surface area (Å²) in [6.45, 7) is 3.93. The summed E-state index contributed by atoms with van der Waals surface area (Å²) < 4.78 is 15.3. The molecule has 1 fully saturated rings. The first-order valence-corrected chi connectivity index (χ1v) is 7.65. The van der Waals surface area contributed by atoms with Crippen LogP contribution in [0.5, 0.6) is 0 Å². The van der Waals surface area contributed by atoms with E-state index in [1.54, 1.807) is 4.68 Å². The minimum absolute atomic E-state index is 0.00458. The van der Waals surface area contributed by atoms with Gasteiger partial charge in [-0.15, -0.1) is 0 Å². The van der Waals surface area contributed by atoms with Crippen LogP contribution in [0.3, 0.4) is 0 Å². The second-order valence-electron chi connectivity index (χ2n) is 5.68. The van der Waals surface area contributed by atoms with Gasteiger partial charge in [-0.25, -0.2) is 4.39 Å². The van der Waals surface area contributed by atoms with Crippen molar-refractivity contribution in [3.05, 3.63) is 17.0 Å². The lowest BCUT2D eigenvalue weighted by atomic mass is 10.0. The molecule has 1 aromatic rings. The van der Waals surface area contributed by atoms with E-state index in [9.17, 15) is 14.0 Å². The van der Waals surface area contributed by atoms with Gasteiger partial charge in [-0.1, -0.05) is 13.8 Å². The van der Waals surface area contributed by atoms with Crippen LogP contribution in [0.15, 0.2) is 0 Å². The normalized spacial score (nSPS) is 21.4. The lowest BCUT2D eigenvalue weighted by molar-refractivity contribution is -0.136. The van der Waals surface area contributed by atoms with Gasteiger partial charge in [0, 0.05) is 24.7 Å². The molecule has 22 heavy (non-hydrogen) atoms. The number of carbonyl (C=O) groups is 2. The summed E-state index contributed by atoms with van der Waals surface area (Å²) in [5, 5.41) is 4.43. The third kappa shape index (κ3) is 2.98. The average Bonchev–Trinajstić information content (AvgIpc) is 2.99. The van der Waals surface area contributed by atoms with E-state index in [2.05, 4.69) is 5.10 Å². The second kappa shape index (κ2) is 6.46. The lowest BCUT2D eigenvalue weighted by Crippen LogP contribution is -2.44. The molecule has 0 radical (unpaired) electrons. The molecule has 2 amide bonds. The molecule has 1 aromatic heterocycles. The number of primary amides is 1. The van der Waals surface area contributed by atoms with Crippen LogP contribution in [0, 0.1) is 0 Å². The topological polar surface area (TPSA) is 81.2 Å². The van der Waals surface area contributed by atoms with E-state index in [0.717, 1.165) is 29.8 Å². The number of rotatable bonds is 5. The number of aromatic nitrogens is 2. The Labute approximate surface area is 129 Å². The number of aryl methyl sites for hydroxylation is 2. The summed E-state index contributed by atoms with van der Waals surface area (Å²) in [5.41, 5.74) is 8.04. The highest BCUT2D eigenvalue weighted by Gasteiger charge is 2.39. The van der Waals surface area contributed by atoms with Gasteiger partial charge in [0.15, 0.2) is 0 Å². The molecule has 1 saturated heterocycles. The summed E-state index contributed by atoms with van der Waals surface area (Å²) in [6.07, 6.45) is 0.427. The fourth-order valence-electron chi connectivity index (χ4n) is 3.18. The van der Waals surface area contributed by atoms with Gasteiger partial charge in [0.25, 0.3) is 0 Å². The van der Waals surface area contributed by atoms with E-state index in [1.165, 1.54) is 4.90 Å². The molecule has 0 aliphatic carbocycles. The van der Waals surface area contributed by atoms with E-state index >= 15 is 0 Å². The second-order valence-corrected chi connectivity index (χ2v) is 5.68. The van der Waals surface area contributed by atoms with E-state index in [1.807, 2.05) is 20.9 Å². The molecule has 0 saturated carbocycles. The quantitative estimate of drug-likeness (QED) is 0.860. The number of hydrogen-bond donors (Lipinski definition) is 1. The molecule has 0 bridgehead atoms. The number of hydrogen-bond acceptors (Lipinski definition) is 3. The van der Waals surface area contributed by atoms with Crippen LogP contribution in [-0.4, -0.2) is 45.3 Å². The van der Waals surface area contributed by atoms with Gasteiger partial charge in [0.2, 0.25) is 11.8 Å². The van der Waals surface area contributed by atoms with Crippen molar-refractivity contribution in [2.75, 3.05) is 6.54 Å². The molecule has 2 rings (SSSR count). The average molecular weight is 310 g/mol. The first kappa shape index (κ1) is 16.5. The number of nitrogens with two attached hydrogens (primary N) is 1. The summed E-state index contributed by atoms with van der Waals surface area (Å²) in [5.74, 6) is -0.910. The molecule has 1 aliphatic rings. The van der Waals surface area contributed by atoms with Crippen molar-refractivity contribution in [1.82, 2.24) is 14.7 Å². The predicted octanol–water partition coefficient (Wildman–Crippen LogP) is 0.512. The maximum absolute atomic E-state index is 13.6. The van der Waals surface area contributed by atoms with Crippen molar-refractivity contribution in [2.45, 2.75) is 51.7 Å². The van der Waals surface area contributed by atoms with Gasteiger partial charge in [0.1, 0.15) is 12.2 Å². The van der Waals surface area contributed by atoms with Crippen LogP contribution >= 0.6 is 0 Å². The van der Waals surface area contributed by atoms with Crippen LogP contribution < -0.4 is 5.73 Å². The molecular formula is C15H23FN4O2. The Bertz CT molecular complexity index is 584. The highest BCUT2D eigenvalue weighted by Crippen LogP contribution is 2.23. The fraction of sp³-hybridized carbons (Fsp3) is 0.667. The van der Waals surface area contributed by atoms with Crippen molar-refractivity contribution in [1.29, 1.82) is 0 Å².